The molecule has 0 saturated carbocycles. The van der Waals surface area contributed by atoms with Crippen LogP contribution in [0.1, 0.15) is 31.0 Å². The second-order valence-corrected chi connectivity index (χ2v) is 7.72. The van der Waals surface area contributed by atoms with E-state index >= 15 is 0 Å². The Morgan fingerprint density at radius 3 is 2.39 bits per heavy atom. The van der Waals surface area contributed by atoms with Crippen LogP contribution < -0.4 is 20.9 Å². The number of nitrogens with zero attached hydrogens (tertiary/aromatic N) is 3. The Labute approximate surface area is 182 Å². The van der Waals surface area contributed by atoms with Crippen LogP contribution in [0.5, 0.6) is 0 Å². The van der Waals surface area contributed by atoms with Crippen molar-refractivity contribution in [1.82, 2.24) is 9.97 Å². The molecule has 2 heterocycles. The third kappa shape index (κ3) is 5.51. The largest absolute Gasteiger partial charge is 0.356 e. The van der Waals surface area contributed by atoms with E-state index < -0.39 is 0 Å². The molecule has 0 atom stereocenters. The first-order valence-corrected chi connectivity index (χ1v) is 10.7. The second kappa shape index (κ2) is 9.47. The number of rotatable bonds is 6. The quantitative estimate of drug-likeness (QED) is 0.506. The Bertz CT molecular complexity index is 1040. The summed E-state index contributed by atoms with van der Waals surface area (Å²) in [6, 6.07) is 17.1. The summed E-state index contributed by atoms with van der Waals surface area (Å²) in [6.07, 6.45) is 3.34. The summed E-state index contributed by atoms with van der Waals surface area (Å²) in [5.74, 6) is 1.55. The van der Waals surface area contributed by atoms with E-state index in [2.05, 4.69) is 37.7 Å². The summed E-state index contributed by atoms with van der Waals surface area (Å²) in [4.78, 5) is 23.8. The predicted molar refractivity (Wildman–Crippen MR) is 126 cm³/mol. The Kier molecular flexibility index (Phi) is 6.31. The van der Waals surface area contributed by atoms with Gasteiger partial charge in [-0.15, -0.1) is 0 Å². The molecule has 1 fully saturated rings. The smallest absolute Gasteiger partial charge is 0.323 e. The minimum atomic E-state index is -0.272. The molecule has 31 heavy (non-hydrogen) atoms. The molecule has 0 spiro atoms. The maximum Gasteiger partial charge on any atom is 0.323 e. The molecular formula is C24H28N6O. The SMILES string of the molecule is CCc1cccc(NC(=O)Nc2ccc(Nc3nc(C)cc(N4CCCC4)n3)cc2)c1. The summed E-state index contributed by atoms with van der Waals surface area (Å²) in [7, 11) is 0. The van der Waals surface area contributed by atoms with Gasteiger partial charge in [0.25, 0.3) is 0 Å². The minimum absolute atomic E-state index is 0.272. The molecule has 7 heteroatoms. The van der Waals surface area contributed by atoms with Crippen molar-refractivity contribution < 1.29 is 4.79 Å². The number of nitrogens with one attached hydrogen (secondary N) is 3. The van der Waals surface area contributed by atoms with Crippen molar-refractivity contribution in [3.63, 3.8) is 0 Å². The van der Waals surface area contributed by atoms with Gasteiger partial charge < -0.3 is 20.9 Å². The average molecular weight is 417 g/mol. The molecule has 0 unspecified atom stereocenters. The maximum atomic E-state index is 12.3. The van der Waals surface area contributed by atoms with Crippen LogP contribution >= 0.6 is 0 Å². The fourth-order valence-electron chi connectivity index (χ4n) is 3.64. The van der Waals surface area contributed by atoms with Crippen LogP contribution in [-0.4, -0.2) is 29.1 Å². The fourth-order valence-corrected chi connectivity index (χ4v) is 3.64. The van der Waals surface area contributed by atoms with Gasteiger partial charge in [0.2, 0.25) is 5.95 Å². The highest BCUT2D eigenvalue weighted by atomic mass is 16.2. The Balaban J connectivity index is 1.37. The van der Waals surface area contributed by atoms with Crippen LogP contribution in [0.25, 0.3) is 0 Å². The van der Waals surface area contributed by atoms with Crippen LogP contribution in [0.15, 0.2) is 54.6 Å². The van der Waals surface area contributed by atoms with E-state index in [9.17, 15) is 4.79 Å². The van der Waals surface area contributed by atoms with E-state index in [-0.39, 0.29) is 6.03 Å². The van der Waals surface area contributed by atoms with Crippen molar-refractivity contribution in [3.05, 3.63) is 65.9 Å². The summed E-state index contributed by atoms with van der Waals surface area (Å²) in [5, 5.41) is 8.99. The van der Waals surface area contributed by atoms with E-state index in [1.807, 2.05) is 61.5 Å². The number of benzene rings is 2. The molecule has 1 saturated heterocycles. The molecule has 1 aromatic heterocycles. The highest BCUT2D eigenvalue weighted by Gasteiger charge is 2.15. The van der Waals surface area contributed by atoms with Gasteiger partial charge in [-0.2, -0.15) is 4.98 Å². The molecule has 0 aliphatic carbocycles. The molecule has 4 rings (SSSR count). The molecule has 2 aromatic carbocycles. The number of anilines is 5. The lowest BCUT2D eigenvalue weighted by atomic mass is 10.1. The molecule has 1 aliphatic heterocycles. The monoisotopic (exact) mass is 416 g/mol. The van der Waals surface area contributed by atoms with E-state index in [0.29, 0.717) is 11.6 Å². The van der Waals surface area contributed by atoms with E-state index in [1.165, 1.54) is 18.4 Å². The van der Waals surface area contributed by atoms with Gasteiger partial charge >= 0.3 is 6.03 Å². The topological polar surface area (TPSA) is 82.2 Å². The molecule has 0 radical (unpaired) electrons. The zero-order chi connectivity index (χ0) is 21.6. The lowest BCUT2D eigenvalue weighted by Crippen LogP contribution is -2.20. The first-order chi connectivity index (χ1) is 15.1. The third-order valence-corrected chi connectivity index (χ3v) is 5.26. The second-order valence-electron chi connectivity index (χ2n) is 7.72. The average Bonchev–Trinajstić information content (AvgIpc) is 3.30. The lowest BCUT2D eigenvalue weighted by Gasteiger charge is -2.17. The summed E-state index contributed by atoms with van der Waals surface area (Å²) >= 11 is 0. The van der Waals surface area contributed by atoms with Crippen LogP contribution in [0, 0.1) is 6.92 Å². The van der Waals surface area contributed by atoms with Gasteiger partial charge in [0.1, 0.15) is 5.82 Å². The predicted octanol–water partition coefficient (Wildman–Crippen LogP) is 5.34. The summed E-state index contributed by atoms with van der Waals surface area (Å²) in [5.41, 5.74) is 4.46. The molecule has 3 aromatic rings. The Morgan fingerprint density at radius 1 is 0.935 bits per heavy atom. The Hall–Kier alpha value is -3.61. The molecule has 2 amide bonds. The number of urea groups is 1. The van der Waals surface area contributed by atoms with Gasteiger partial charge in [0, 0.05) is 41.9 Å². The van der Waals surface area contributed by atoms with Crippen molar-refractivity contribution in [1.29, 1.82) is 0 Å². The van der Waals surface area contributed by atoms with Crippen molar-refractivity contribution in [3.8, 4) is 0 Å². The highest BCUT2D eigenvalue weighted by Crippen LogP contribution is 2.22. The number of carbonyl (C=O) groups is 1. The summed E-state index contributed by atoms with van der Waals surface area (Å²) in [6.45, 7) is 6.15. The number of aryl methyl sites for hydroxylation is 2. The van der Waals surface area contributed by atoms with Gasteiger partial charge in [-0.3, -0.25) is 0 Å². The number of amides is 2. The van der Waals surface area contributed by atoms with E-state index in [4.69, 9.17) is 0 Å². The number of carbonyl (C=O) groups excluding carboxylic acids is 1. The zero-order valence-corrected chi connectivity index (χ0v) is 18.0. The Morgan fingerprint density at radius 2 is 1.65 bits per heavy atom. The molecule has 3 N–H and O–H groups in total. The van der Waals surface area contributed by atoms with Crippen LogP contribution in [0.2, 0.25) is 0 Å². The van der Waals surface area contributed by atoms with Crippen LogP contribution in [0.3, 0.4) is 0 Å². The number of hydrogen-bond donors (Lipinski definition) is 3. The maximum absolute atomic E-state index is 12.3. The molecule has 0 bridgehead atoms. The number of aromatic nitrogens is 2. The van der Waals surface area contributed by atoms with Crippen LogP contribution in [0.4, 0.5) is 33.6 Å². The molecular weight excluding hydrogens is 388 g/mol. The lowest BCUT2D eigenvalue weighted by molar-refractivity contribution is 0.262. The van der Waals surface area contributed by atoms with Gasteiger partial charge in [-0.1, -0.05) is 19.1 Å². The van der Waals surface area contributed by atoms with Gasteiger partial charge in [-0.25, -0.2) is 9.78 Å². The normalized spacial score (nSPS) is 13.2. The molecule has 160 valence electrons. The van der Waals surface area contributed by atoms with Gasteiger partial charge in [0.05, 0.1) is 0 Å². The van der Waals surface area contributed by atoms with Crippen molar-refractivity contribution in [2.24, 2.45) is 0 Å². The minimum Gasteiger partial charge on any atom is -0.356 e. The highest BCUT2D eigenvalue weighted by molar-refractivity contribution is 5.99. The van der Waals surface area contributed by atoms with Crippen molar-refractivity contribution in [2.75, 3.05) is 33.9 Å². The van der Waals surface area contributed by atoms with E-state index in [1.54, 1.807) is 0 Å². The standard InChI is InChI=1S/C24H28N6O/c1-3-18-7-6-8-21(16-18)28-24(31)27-20-11-9-19(10-12-20)26-23-25-17(2)15-22(29-23)30-13-4-5-14-30/h6-12,15-16H,3-5,13-14H2,1-2H3,(H,25,26,29)(H2,27,28,31). The zero-order valence-electron chi connectivity index (χ0n) is 18.0. The van der Waals surface area contributed by atoms with E-state index in [0.717, 1.165) is 42.4 Å². The first-order valence-electron chi connectivity index (χ1n) is 10.7. The van der Waals surface area contributed by atoms with Gasteiger partial charge in [0.15, 0.2) is 0 Å². The van der Waals surface area contributed by atoms with Gasteiger partial charge in [-0.05, 0) is 68.1 Å². The number of hydrogen-bond acceptors (Lipinski definition) is 5. The molecule has 1 aliphatic rings. The van der Waals surface area contributed by atoms with Crippen molar-refractivity contribution >= 4 is 34.9 Å². The van der Waals surface area contributed by atoms with Crippen molar-refractivity contribution in [2.45, 2.75) is 33.1 Å². The first kappa shape index (κ1) is 20.7. The third-order valence-electron chi connectivity index (χ3n) is 5.26. The fraction of sp³-hybridized carbons (Fsp3) is 0.292. The van der Waals surface area contributed by atoms with Crippen LogP contribution in [-0.2, 0) is 6.42 Å². The molecule has 7 nitrogen and oxygen atoms in total. The summed E-state index contributed by atoms with van der Waals surface area (Å²) < 4.78 is 0.